The van der Waals surface area contributed by atoms with Crippen molar-refractivity contribution in [2.24, 2.45) is 0 Å². The van der Waals surface area contributed by atoms with Crippen LogP contribution in [0.4, 0.5) is 13.2 Å². The van der Waals surface area contributed by atoms with Gasteiger partial charge in [-0.2, -0.15) is 13.2 Å². The summed E-state index contributed by atoms with van der Waals surface area (Å²) in [6, 6.07) is 6.12. The van der Waals surface area contributed by atoms with Crippen LogP contribution < -0.4 is 5.43 Å². The first-order valence-electron chi connectivity index (χ1n) is 5.81. The number of hydrazine groups is 1. The molecule has 1 aliphatic rings. The molecular weight excluding hydrogens is 273 g/mol. The summed E-state index contributed by atoms with van der Waals surface area (Å²) in [5.41, 5.74) is -0.268. The molecule has 2 rings (SSSR count). The topological polar surface area (TPSA) is 52.6 Å². The largest absolute Gasteiger partial charge is 0.442 e. The second-order valence-electron chi connectivity index (χ2n) is 4.67. The van der Waals surface area contributed by atoms with E-state index in [0.29, 0.717) is 6.08 Å². The van der Waals surface area contributed by atoms with Crippen molar-refractivity contribution >= 4 is 5.91 Å². The Labute approximate surface area is 113 Å². The third-order valence-electron chi connectivity index (χ3n) is 2.93. The Morgan fingerprint density at radius 1 is 1.35 bits per heavy atom. The Kier molecular flexibility index (Phi) is 3.25. The van der Waals surface area contributed by atoms with Gasteiger partial charge in [-0.05, 0) is 32.1 Å². The molecule has 1 unspecified atom stereocenters. The van der Waals surface area contributed by atoms with Gasteiger partial charge in [0.15, 0.2) is 0 Å². The Hall–Kier alpha value is -2.02. The summed E-state index contributed by atoms with van der Waals surface area (Å²) in [5.74, 6) is -0.957. The number of hydrogen-bond acceptors (Lipinski definition) is 3. The maximum atomic E-state index is 13.0. The van der Waals surface area contributed by atoms with E-state index in [2.05, 4.69) is 5.43 Å². The molecule has 0 radical (unpaired) electrons. The van der Waals surface area contributed by atoms with Crippen molar-refractivity contribution < 1.29 is 23.1 Å². The molecule has 1 aromatic rings. The van der Waals surface area contributed by atoms with E-state index in [9.17, 15) is 23.1 Å². The number of amides is 1. The zero-order valence-corrected chi connectivity index (χ0v) is 10.8. The van der Waals surface area contributed by atoms with Crippen molar-refractivity contribution in [3.8, 4) is 0 Å². The number of alkyl halides is 3. The number of aryl methyl sites for hydroxylation is 1. The molecule has 0 aromatic heterocycles. The Bertz CT molecular complexity index is 583. The van der Waals surface area contributed by atoms with Gasteiger partial charge in [-0.1, -0.05) is 17.7 Å². The van der Waals surface area contributed by atoms with Gasteiger partial charge < -0.3 is 5.11 Å². The van der Waals surface area contributed by atoms with Gasteiger partial charge in [-0.3, -0.25) is 10.2 Å². The van der Waals surface area contributed by atoms with Crippen molar-refractivity contribution in [3.05, 3.63) is 47.2 Å². The number of halogens is 3. The predicted molar refractivity (Wildman–Crippen MR) is 65.2 cm³/mol. The van der Waals surface area contributed by atoms with Gasteiger partial charge in [0.1, 0.15) is 0 Å². The number of benzene rings is 1. The monoisotopic (exact) mass is 286 g/mol. The average molecular weight is 286 g/mol. The molecule has 20 heavy (non-hydrogen) atoms. The lowest BCUT2D eigenvalue weighted by atomic mass is 10.1. The first-order valence-corrected chi connectivity index (χ1v) is 5.81. The minimum absolute atomic E-state index is 0.0471. The molecule has 1 amide bonds. The number of aliphatic hydroxyl groups is 1. The molecule has 0 bridgehead atoms. The Morgan fingerprint density at radius 3 is 2.55 bits per heavy atom. The Balaban J connectivity index is 2.40. The van der Waals surface area contributed by atoms with Crippen molar-refractivity contribution in [1.82, 2.24) is 10.4 Å². The van der Waals surface area contributed by atoms with Crippen LogP contribution in [0.1, 0.15) is 22.8 Å². The fourth-order valence-corrected chi connectivity index (χ4v) is 1.98. The van der Waals surface area contributed by atoms with E-state index in [0.717, 1.165) is 5.56 Å². The first kappa shape index (κ1) is 14.4. The molecule has 0 saturated carbocycles. The fourth-order valence-electron chi connectivity index (χ4n) is 1.98. The normalized spacial score (nSPS) is 22.5. The summed E-state index contributed by atoms with van der Waals surface area (Å²) in [5, 5.41) is 9.99. The van der Waals surface area contributed by atoms with Crippen molar-refractivity contribution in [3.63, 3.8) is 0 Å². The molecular formula is C13H13F3N2O2. The summed E-state index contributed by atoms with van der Waals surface area (Å²) in [7, 11) is 0. The second kappa shape index (κ2) is 4.52. The van der Waals surface area contributed by atoms with Crippen molar-refractivity contribution in [2.75, 3.05) is 0 Å². The third-order valence-corrected chi connectivity index (χ3v) is 2.93. The van der Waals surface area contributed by atoms with Crippen LogP contribution in [0.2, 0.25) is 0 Å². The van der Waals surface area contributed by atoms with E-state index in [-0.39, 0.29) is 16.3 Å². The van der Waals surface area contributed by atoms with Crippen LogP contribution in [0.25, 0.3) is 0 Å². The third kappa shape index (κ3) is 2.24. The smallest absolute Gasteiger partial charge is 0.359 e. The van der Waals surface area contributed by atoms with Crippen LogP contribution in [-0.2, 0) is 0 Å². The van der Waals surface area contributed by atoms with E-state index in [1.165, 1.54) is 19.1 Å². The molecule has 1 atom stereocenters. The van der Waals surface area contributed by atoms with Crippen molar-refractivity contribution in [2.45, 2.75) is 25.7 Å². The maximum absolute atomic E-state index is 13.0. The number of carbonyl (C=O) groups excluding carboxylic acids is 1. The molecule has 2 N–H and O–H groups in total. The summed E-state index contributed by atoms with van der Waals surface area (Å²) in [4.78, 5) is 12.2. The summed E-state index contributed by atoms with van der Waals surface area (Å²) < 4.78 is 39.0. The van der Waals surface area contributed by atoms with Gasteiger partial charge in [0.05, 0.1) is 0 Å². The lowest BCUT2D eigenvalue weighted by Crippen LogP contribution is -2.60. The zero-order valence-electron chi connectivity index (χ0n) is 10.8. The maximum Gasteiger partial charge on any atom is 0.442 e. The van der Waals surface area contributed by atoms with Crippen LogP contribution >= 0.6 is 0 Å². The minimum atomic E-state index is -5.00. The van der Waals surface area contributed by atoms with Crippen LogP contribution in [0, 0.1) is 6.92 Å². The van der Waals surface area contributed by atoms with Crippen LogP contribution in [0.5, 0.6) is 0 Å². The number of hydrogen-bond donors (Lipinski definition) is 2. The van der Waals surface area contributed by atoms with E-state index < -0.39 is 17.8 Å². The second-order valence-corrected chi connectivity index (χ2v) is 4.67. The number of nitrogens with zero attached hydrogens (tertiary/aromatic N) is 1. The quantitative estimate of drug-likeness (QED) is 0.831. The molecule has 0 spiro atoms. The molecule has 0 fully saturated rings. The highest BCUT2D eigenvalue weighted by Crippen LogP contribution is 2.38. The lowest BCUT2D eigenvalue weighted by molar-refractivity contribution is -0.283. The molecule has 0 aliphatic carbocycles. The van der Waals surface area contributed by atoms with Gasteiger partial charge in [-0.15, -0.1) is 0 Å². The van der Waals surface area contributed by atoms with E-state index in [1.54, 1.807) is 19.1 Å². The first-order chi connectivity index (χ1) is 9.15. The molecule has 0 saturated heterocycles. The lowest BCUT2D eigenvalue weighted by Gasteiger charge is -2.33. The van der Waals surface area contributed by atoms with Crippen LogP contribution in [0.3, 0.4) is 0 Å². The standard InChI is InChI=1S/C13H13F3N2O2/c1-8-4-3-5-10(6-8)11(19)18-12(20,13(14,15)16)7-9(2)17-18/h3-7,17,20H,1-2H3. The molecule has 108 valence electrons. The van der Waals surface area contributed by atoms with Crippen LogP contribution in [-0.4, -0.2) is 27.9 Å². The van der Waals surface area contributed by atoms with Gasteiger partial charge in [-0.25, -0.2) is 5.01 Å². The van der Waals surface area contributed by atoms with Gasteiger partial charge in [0.25, 0.3) is 11.6 Å². The molecule has 4 nitrogen and oxygen atoms in total. The van der Waals surface area contributed by atoms with Crippen LogP contribution in [0.15, 0.2) is 36.0 Å². The number of nitrogens with one attached hydrogen (secondary N) is 1. The van der Waals surface area contributed by atoms with Gasteiger partial charge in [0.2, 0.25) is 0 Å². The van der Waals surface area contributed by atoms with E-state index in [4.69, 9.17) is 0 Å². The number of rotatable bonds is 1. The zero-order chi connectivity index (χ0) is 15.1. The summed E-state index contributed by atoms with van der Waals surface area (Å²) >= 11 is 0. The highest BCUT2D eigenvalue weighted by atomic mass is 19.4. The van der Waals surface area contributed by atoms with Gasteiger partial charge in [0, 0.05) is 11.3 Å². The summed E-state index contributed by atoms with van der Waals surface area (Å²) in [6.45, 7) is 3.05. The molecule has 1 aliphatic heterocycles. The Morgan fingerprint density at radius 2 is 2.00 bits per heavy atom. The number of carbonyl (C=O) groups is 1. The molecule has 1 aromatic carbocycles. The highest BCUT2D eigenvalue weighted by Gasteiger charge is 2.61. The fraction of sp³-hybridized carbons (Fsp3) is 0.308. The molecule has 7 heteroatoms. The summed E-state index contributed by atoms with van der Waals surface area (Å²) in [6.07, 6.45) is -4.43. The van der Waals surface area contributed by atoms with E-state index >= 15 is 0 Å². The predicted octanol–water partition coefficient (Wildman–Crippen LogP) is 2.11. The van der Waals surface area contributed by atoms with Crippen molar-refractivity contribution in [1.29, 1.82) is 0 Å². The highest BCUT2D eigenvalue weighted by molar-refractivity contribution is 5.95. The van der Waals surface area contributed by atoms with E-state index in [1.807, 2.05) is 0 Å². The van der Waals surface area contributed by atoms with Gasteiger partial charge >= 0.3 is 6.18 Å². The number of allylic oxidation sites excluding steroid dienone is 1. The SMILES string of the molecule is CC1=CC(O)(C(F)(F)F)N(C(=O)c2cccc(C)c2)N1. The average Bonchev–Trinajstić information content (AvgIpc) is 2.64. The minimum Gasteiger partial charge on any atom is -0.359 e. The molecule has 1 heterocycles.